The van der Waals surface area contributed by atoms with Gasteiger partial charge < -0.3 is 16.0 Å². The van der Waals surface area contributed by atoms with Crippen molar-refractivity contribution >= 4 is 28.2 Å². The van der Waals surface area contributed by atoms with Crippen LogP contribution in [0.2, 0.25) is 0 Å². The minimum absolute atomic E-state index is 0.0564. The van der Waals surface area contributed by atoms with Gasteiger partial charge in [-0.1, -0.05) is 13.8 Å². The Bertz CT molecular complexity index is 650. The summed E-state index contributed by atoms with van der Waals surface area (Å²) in [6.07, 6.45) is 2.91. The number of anilines is 1. The number of hydrogen-bond donors (Lipinski definition) is 2. The maximum atomic E-state index is 12.5. The third-order valence-electron chi connectivity index (χ3n) is 5.29. The molecule has 6 nitrogen and oxygen atoms in total. The smallest absolute Gasteiger partial charge is 0.251 e. The van der Waals surface area contributed by atoms with Crippen LogP contribution in [-0.4, -0.2) is 60.9 Å². The number of primary amides is 1. The van der Waals surface area contributed by atoms with E-state index in [0.29, 0.717) is 23.0 Å². The number of likely N-dealkylation sites (N-methyl/N-ethyl adjacent to an activating group) is 1. The van der Waals surface area contributed by atoms with Gasteiger partial charge in [-0.3, -0.25) is 14.5 Å². The topological polar surface area (TPSA) is 78.7 Å². The van der Waals surface area contributed by atoms with Crippen LogP contribution in [0, 0.1) is 5.92 Å². The molecule has 0 radical (unpaired) electrons. The van der Waals surface area contributed by atoms with Crippen molar-refractivity contribution in [2.75, 3.05) is 44.6 Å². The van der Waals surface area contributed by atoms with E-state index in [1.807, 2.05) is 0 Å². The number of rotatable bonds is 5. The summed E-state index contributed by atoms with van der Waals surface area (Å²) >= 11 is 1.53. The summed E-state index contributed by atoms with van der Waals surface area (Å²) in [5, 5.41) is 3.60. The van der Waals surface area contributed by atoms with Crippen molar-refractivity contribution in [3.63, 3.8) is 0 Å². The van der Waals surface area contributed by atoms with Crippen LogP contribution in [0.15, 0.2) is 0 Å². The van der Waals surface area contributed by atoms with Gasteiger partial charge in [0.1, 0.15) is 5.00 Å². The molecule has 1 aliphatic heterocycles. The number of carbonyl (C=O) groups is 2. The summed E-state index contributed by atoms with van der Waals surface area (Å²) in [5.74, 6) is 0.128. The van der Waals surface area contributed by atoms with Gasteiger partial charge in [-0.25, -0.2) is 0 Å². The van der Waals surface area contributed by atoms with Crippen LogP contribution >= 0.6 is 11.3 Å². The number of carbonyl (C=O) groups excluding carboxylic acids is 2. The van der Waals surface area contributed by atoms with Gasteiger partial charge in [-0.2, -0.15) is 0 Å². The summed E-state index contributed by atoms with van der Waals surface area (Å²) in [5.41, 5.74) is 7.20. The third kappa shape index (κ3) is 4.22. The molecule has 1 aliphatic carbocycles. The molecule has 0 unspecified atom stereocenters. The zero-order valence-electron chi connectivity index (χ0n) is 15.1. The van der Waals surface area contributed by atoms with Gasteiger partial charge in [0.15, 0.2) is 0 Å². The maximum Gasteiger partial charge on any atom is 0.251 e. The molecule has 7 heteroatoms. The molecule has 0 bridgehead atoms. The van der Waals surface area contributed by atoms with E-state index in [9.17, 15) is 9.59 Å². The van der Waals surface area contributed by atoms with Crippen molar-refractivity contribution in [2.45, 2.75) is 33.1 Å². The van der Waals surface area contributed by atoms with Crippen LogP contribution in [0.25, 0.3) is 0 Å². The third-order valence-corrected chi connectivity index (χ3v) is 6.46. The number of nitrogens with one attached hydrogen (secondary N) is 1. The van der Waals surface area contributed by atoms with Gasteiger partial charge in [0.05, 0.1) is 12.1 Å². The molecule has 3 N–H and O–H groups in total. The van der Waals surface area contributed by atoms with Crippen molar-refractivity contribution in [3.05, 3.63) is 16.0 Å². The second-order valence-electron chi connectivity index (χ2n) is 7.18. The predicted octanol–water partition coefficient (Wildman–Crippen LogP) is 1.55. The van der Waals surface area contributed by atoms with E-state index < -0.39 is 5.91 Å². The fraction of sp³-hybridized carbons (Fsp3) is 0.667. The lowest BCUT2D eigenvalue weighted by Gasteiger charge is -2.33. The van der Waals surface area contributed by atoms with E-state index in [2.05, 4.69) is 29.0 Å². The Labute approximate surface area is 153 Å². The van der Waals surface area contributed by atoms with E-state index in [1.165, 1.54) is 16.2 Å². The summed E-state index contributed by atoms with van der Waals surface area (Å²) in [4.78, 5) is 30.2. The summed E-state index contributed by atoms with van der Waals surface area (Å²) in [7, 11) is 0. The molecule has 1 aromatic rings. The van der Waals surface area contributed by atoms with Crippen LogP contribution in [0.3, 0.4) is 0 Å². The van der Waals surface area contributed by atoms with Gasteiger partial charge >= 0.3 is 0 Å². The number of piperazine rings is 1. The highest BCUT2D eigenvalue weighted by atomic mass is 32.1. The lowest BCUT2D eigenvalue weighted by Crippen LogP contribution is -2.48. The minimum Gasteiger partial charge on any atom is -0.365 e. The van der Waals surface area contributed by atoms with Crippen LogP contribution < -0.4 is 11.1 Å². The Hall–Kier alpha value is -1.44. The number of nitrogens with zero attached hydrogens (tertiary/aromatic N) is 2. The summed E-state index contributed by atoms with van der Waals surface area (Å²) in [6, 6.07) is 0. The molecule has 138 valence electrons. The average molecular weight is 365 g/mol. The molecule has 0 spiro atoms. The SMILES string of the molecule is CCN1CCN(CC(=O)Nc2sc3c(c2C(N)=O)CC[C@H](C)C3)CC1. The Balaban J connectivity index is 1.66. The van der Waals surface area contributed by atoms with Crippen molar-refractivity contribution in [1.29, 1.82) is 0 Å². The normalized spacial score (nSPS) is 21.8. The zero-order valence-corrected chi connectivity index (χ0v) is 16.0. The van der Waals surface area contributed by atoms with E-state index in [4.69, 9.17) is 5.73 Å². The van der Waals surface area contributed by atoms with Crippen LogP contribution in [-0.2, 0) is 17.6 Å². The summed E-state index contributed by atoms with van der Waals surface area (Å²) < 4.78 is 0. The standard InChI is InChI=1S/C18H28N4O2S/c1-3-21-6-8-22(9-7-21)11-15(23)20-18-16(17(19)24)13-5-4-12(2)10-14(13)25-18/h12H,3-11H2,1-2H3,(H2,19,24)(H,20,23)/t12-/m0/s1. The minimum atomic E-state index is -0.432. The Morgan fingerprint density at radius 2 is 1.92 bits per heavy atom. The lowest BCUT2D eigenvalue weighted by molar-refractivity contribution is -0.117. The average Bonchev–Trinajstić information content (AvgIpc) is 2.92. The Morgan fingerprint density at radius 1 is 1.24 bits per heavy atom. The molecule has 2 aliphatic rings. The molecular formula is C18H28N4O2S. The molecule has 3 rings (SSSR count). The molecule has 0 aromatic carbocycles. The monoisotopic (exact) mass is 364 g/mol. The van der Waals surface area contributed by atoms with Gasteiger partial charge in [-0.05, 0) is 37.3 Å². The number of nitrogens with two attached hydrogens (primary N) is 1. The second kappa shape index (κ2) is 7.85. The second-order valence-corrected chi connectivity index (χ2v) is 8.28. The van der Waals surface area contributed by atoms with E-state index in [0.717, 1.165) is 57.5 Å². The highest BCUT2D eigenvalue weighted by Crippen LogP contribution is 2.39. The van der Waals surface area contributed by atoms with Crippen molar-refractivity contribution in [3.8, 4) is 0 Å². The lowest BCUT2D eigenvalue weighted by atomic mass is 9.88. The predicted molar refractivity (Wildman–Crippen MR) is 101 cm³/mol. The largest absolute Gasteiger partial charge is 0.365 e. The first-order valence-corrected chi connectivity index (χ1v) is 9.98. The molecule has 1 aromatic heterocycles. The first-order chi connectivity index (χ1) is 12.0. The van der Waals surface area contributed by atoms with E-state index in [-0.39, 0.29) is 5.91 Å². The highest BCUT2D eigenvalue weighted by Gasteiger charge is 2.27. The van der Waals surface area contributed by atoms with Gasteiger partial charge in [-0.15, -0.1) is 11.3 Å². The van der Waals surface area contributed by atoms with Gasteiger partial charge in [0.2, 0.25) is 5.91 Å². The summed E-state index contributed by atoms with van der Waals surface area (Å²) in [6.45, 7) is 9.62. The Kier molecular flexibility index (Phi) is 5.76. The molecular weight excluding hydrogens is 336 g/mol. The fourth-order valence-electron chi connectivity index (χ4n) is 3.73. The zero-order chi connectivity index (χ0) is 18.0. The number of thiophene rings is 1. The first kappa shape index (κ1) is 18.4. The molecule has 2 heterocycles. The van der Waals surface area contributed by atoms with E-state index >= 15 is 0 Å². The van der Waals surface area contributed by atoms with Gasteiger partial charge in [0.25, 0.3) is 5.91 Å². The van der Waals surface area contributed by atoms with Crippen LogP contribution in [0.5, 0.6) is 0 Å². The Morgan fingerprint density at radius 3 is 2.56 bits per heavy atom. The number of fused-ring (bicyclic) bond motifs is 1. The molecule has 1 saturated heterocycles. The fourth-order valence-corrected chi connectivity index (χ4v) is 5.16. The van der Waals surface area contributed by atoms with Crippen LogP contribution in [0.1, 0.15) is 41.1 Å². The van der Waals surface area contributed by atoms with Crippen molar-refractivity contribution in [1.82, 2.24) is 9.80 Å². The molecule has 2 amide bonds. The van der Waals surface area contributed by atoms with E-state index in [1.54, 1.807) is 0 Å². The highest BCUT2D eigenvalue weighted by molar-refractivity contribution is 7.17. The molecule has 1 fully saturated rings. The van der Waals surface area contributed by atoms with Crippen LogP contribution in [0.4, 0.5) is 5.00 Å². The number of hydrogen-bond acceptors (Lipinski definition) is 5. The van der Waals surface area contributed by atoms with Crippen molar-refractivity contribution < 1.29 is 9.59 Å². The quantitative estimate of drug-likeness (QED) is 0.831. The molecule has 1 atom stereocenters. The number of amides is 2. The molecule has 0 saturated carbocycles. The van der Waals surface area contributed by atoms with Crippen molar-refractivity contribution in [2.24, 2.45) is 11.7 Å². The molecule has 25 heavy (non-hydrogen) atoms. The first-order valence-electron chi connectivity index (χ1n) is 9.16. The van der Waals surface area contributed by atoms with Gasteiger partial charge in [0, 0.05) is 31.1 Å². The maximum absolute atomic E-state index is 12.5.